The second-order valence-corrected chi connectivity index (χ2v) is 6.33. The van der Waals surface area contributed by atoms with Crippen LogP contribution in [-0.2, 0) is 16.1 Å². The molecule has 0 atom stereocenters. The Morgan fingerprint density at radius 2 is 2.04 bits per heavy atom. The van der Waals surface area contributed by atoms with Crippen LogP contribution in [0.4, 0.5) is 5.69 Å². The predicted octanol–water partition coefficient (Wildman–Crippen LogP) is 2.68. The summed E-state index contributed by atoms with van der Waals surface area (Å²) in [5.74, 6) is 2.41. The van der Waals surface area contributed by atoms with Gasteiger partial charge in [-0.25, -0.2) is 0 Å². The normalized spacial score (nSPS) is 14.0. The molecule has 2 aromatic rings. The highest BCUT2D eigenvalue weighted by molar-refractivity contribution is 5.94. The summed E-state index contributed by atoms with van der Waals surface area (Å²) in [4.78, 5) is 23.9. The summed E-state index contributed by atoms with van der Waals surface area (Å²) in [7, 11) is 1.61. The molecule has 7 heteroatoms. The average molecular weight is 351 g/mol. The van der Waals surface area contributed by atoms with Gasteiger partial charge in [0, 0.05) is 44.6 Å². The maximum atomic E-state index is 12.2. The van der Waals surface area contributed by atoms with E-state index in [0.29, 0.717) is 31.4 Å². The number of carbonyl (C=O) groups is 2. The van der Waals surface area contributed by atoms with Crippen molar-refractivity contribution in [1.82, 2.24) is 9.88 Å². The van der Waals surface area contributed by atoms with Crippen LogP contribution in [0, 0.1) is 12.3 Å². The number of terminal acetylenes is 1. The Morgan fingerprint density at radius 3 is 2.73 bits per heavy atom. The number of aromatic nitrogens is 1. The van der Waals surface area contributed by atoms with E-state index in [1.807, 2.05) is 35.0 Å². The van der Waals surface area contributed by atoms with E-state index >= 15 is 0 Å². The molecule has 2 amide bonds. The van der Waals surface area contributed by atoms with E-state index in [1.165, 1.54) is 0 Å². The number of hydrogen-bond donors (Lipinski definition) is 2. The summed E-state index contributed by atoms with van der Waals surface area (Å²) < 4.78 is 1.85. The fourth-order valence-corrected chi connectivity index (χ4v) is 2.84. The zero-order chi connectivity index (χ0) is 18.6. The molecule has 0 radical (unpaired) electrons. The molecule has 26 heavy (non-hydrogen) atoms. The third-order valence-electron chi connectivity index (χ3n) is 4.46. The molecule has 1 aliphatic rings. The molecule has 0 saturated heterocycles. The Kier molecular flexibility index (Phi) is 5.03. The molecule has 1 aromatic carbocycles. The summed E-state index contributed by atoms with van der Waals surface area (Å²) in [6.07, 6.45) is 9.32. The van der Waals surface area contributed by atoms with Crippen molar-refractivity contribution >= 4 is 28.4 Å². The number of nitrogens with zero attached hydrogens (tertiary/aromatic N) is 3. The van der Waals surface area contributed by atoms with Crippen molar-refractivity contribution in [1.29, 1.82) is 0 Å². The minimum Gasteiger partial charge on any atom is -0.358 e. The van der Waals surface area contributed by atoms with Gasteiger partial charge >= 0.3 is 0 Å². The van der Waals surface area contributed by atoms with E-state index in [9.17, 15) is 9.59 Å². The van der Waals surface area contributed by atoms with Gasteiger partial charge in [0.2, 0.25) is 11.8 Å². The van der Waals surface area contributed by atoms with Gasteiger partial charge in [-0.1, -0.05) is 6.07 Å². The van der Waals surface area contributed by atoms with Crippen LogP contribution in [0.15, 0.2) is 40.7 Å². The van der Waals surface area contributed by atoms with Crippen molar-refractivity contribution in [2.45, 2.75) is 37.9 Å². The fraction of sp³-hybridized carbons (Fsp3) is 0.368. The number of amides is 2. The molecule has 0 unspecified atom stereocenters. The van der Waals surface area contributed by atoms with Crippen molar-refractivity contribution in [3.8, 4) is 12.3 Å². The number of fused-ring (bicyclic) bond motifs is 1. The lowest BCUT2D eigenvalue weighted by Crippen LogP contribution is -2.23. The average Bonchev–Trinajstić information content (AvgIpc) is 3.32. The van der Waals surface area contributed by atoms with Crippen LogP contribution in [0.1, 0.15) is 25.7 Å². The summed E-state index contributed by atoms with van der Waals surface area (Å²) in [5, 5.41) is 14.6. The van der Waals surface area contributed by atoms with Gasteiger partial charge in [0.05, 0.1) is 5.52 Å². The number of rotatable bonds is 8. The minimum absolute atomic E-state index is 0.0776. The molecular weight excluding hydrogens is 330 g/mol. The molecule has 3 rings (SSSR count). The Bertz CT molecular complexity index is 900. The van der Waals surface area contributed by atoms with Gasteiger partial charge in [0.25, 0.3) is 0 Å². The first-order valence-electron chi connectivity index (χ1n) is 8.52. The van der Waals surface area contributed by atoms with Gasteiger partial charge in [-0.3, -0.25) is 9.59 Å². The van der Waals surface area contributed by atoms with Crippen LogP contribution in [0.2, 0.25) is 0 Å². The van der Waals surface area contributed by atoms with Crippen molar-refractivity contribution in [2.75, 3.05) is 12.4 Å². The zero-order valence-electron chi connectivity index (χ0n) is 14.7. The lowest BCUT2D eigenvalue weighted by Gasteiger charge is -2.10. The standard InChI is InChI=1S/C19H21N5O2/c1-3-4-9-19(22-23-19)10-7-17(25)21-15-6-5-14-8-11-24(16(14)12-15)13-18(26)20-2/h1,5-6,8,11-12H,4,7,9-10,13H2,2H3,(H,20,26)(H,21,25). The highest BCUT2D eigenvalue weighted by Crippen LogP contribution is 2.37. The number of anilines is 1. The highest BCUT2D eigenvalue weighted by atomic mass is 16.2. The molecule has 0 fully saturated rings. The number of carbonyl (C=O) groups excluding carboxylic acids is 2. The Balaban J connectivity index is 1.61. The van der Waals surface area contributed by atoms with E-state index in [4.69, 9.17) is 6.42 Å². The molecule has 2 heterocycles. The maximum Gasteiger partial charge on any atom is 0.239 e. The summed E-state index contributed by atoms with van der Waals surface area (Å²) in [5.41, 5.74) is 1.14. The second-order valence-electron chi connectivity index (χ2n) is 6.33. The molecule has 2 N–H and O–H groups in total. The number of hydrogen-bond acceptors (Lipinski definition) is 4. The lowest BCUT2D eigenvalue weighted by atomic mass is 10.0. The highest BCUT2D eigenvalue weighted by Gasteiger charge is 2.39. The third-order valence-corrected chi connectivity index (χ3v) is 4.46. The van der Waals surface area contributed by atoms with Gasteiger partial charge in [0.1, 0.15) is 6.54 Å². The van der Waals surface area contributed by atoms with Crippen LogP contribution < -0.4 is 10.6 Å². The van der Waals surface area contributed by atoms with Crippen molar-refractivity contribution in [3.63, 3.8) is 0 Å². The first kappa shape index (κ1) is 17.7. The third kappa shape index (κ3) is 4.09. The Hall–Kier alpha value is -3.14. The number of benzene rings is 1. The molecule has 0 spiro atoms. The topological polar surface area (TPSA) is 87.9 Å². The van der Waals surface area contributed by atoms with Crippen LogP contribution in [0.3, 0.4) is 0 Å². The minimum atomic E-state index is -0.449. The van der Waals surface area contributed by atoms with Crippen molar-refractivity contribution in [2.24, 2.45) is 10.2 Å². The number of nitrogens with one attached hydrogen (secondary N) is 2. The van der Waals surface area contributed by atoms with Crippen LogP contribution >= 0.6 is 0 Å². The smallest absolute Gasteiger partial charge is 0.239 e. The lowest BCUT2D eigenvalue weighted by molar-refractivity contribution is -0.121. The number of likely N-dealkylation sites (N-methyl/N-ethyl adjacent to an activating group) is 1. The van der Waals surface area contributed by atoms with E-state index in [1.54, 1.807) is 7.05 Å². The van der Waals surface area contributed by atoms with E-state index in [0.717, 1.165) is 10.9 Å². The van der Waals surface area contributed by atoms with Gasteiger partial charge in [0.15, 0.2) is 5.66 Å². The summed E-state index contributed by atoms with van der Waals surface area (Å²) in [6, 6.07) is 7.58. The largest absolute Gasteiger partial charge is 0.358 e. The van der Waals surface area contributed by atoms with Gasteiger partial charge in [-0.05, 0) is 23.6 Å². The molecule has 0 bridgehead atoms. The predicted molar refractivity (Wildman–Crippen MR) is 99.5 cm³/mol. The first-order chi connectivity index (χ1) is 12.5. The van der Waals surface area contributed by atoms with E-state index in [2.05, 4.69) is 26.8 Å². The second kappa shape index (κ2) is 7.40. The Labute approximate surface area is 151 Å². The first-order valence-corrected chi connectivity index (χ1v) is 8.52. The molecule has 1 aliphatic heterocycles. The molecule has 0 aliphatic carbocycles. The molecular formula is C19H21N5O2. The van der Waals surface area contributed by atoms with Crippen molar-refractivity contribution in [3.05, 3.63) is 30.5 Å². The molecule has 0 saturated carbocycles. The van der Waals surface area contributed by atoms with Crippen LogP contribution in [0.25, 0.3) is 10.9 Å². The van der Waals surface area contributed by atoms with Gasteiger partial charge in [-0.15, -0.1) is 12.3 Å². The summed E-state index contributed by atoms with van der Waals surface area (Å²) >= 11 is 0. The molecule has 7 nitrogen and oxygen atoms in total. The molecule has 134 valence electrons. The quantitative estimate of drug-likeness (QED) is 0.716. The fourth-order valence-electron chi connectivity index (χ4n) is 2.84. The van der Waals surface area contributed by atoms with Crippen molar-refractivity contribution < 1.29 is 9.59 Å². The maximum absolute atomic E-state index is 12.2. The van der Waals surface area contributed by atoms with E-state index < -0.39 is 5.66 Å². The van der Waals surface area contributed by atoms with E-state index in [-0.39, 0.29) is 18.4 Å². The Morgan fingerprint density at radius 1 is 1.23 bits per heavy atom. The van der Waals surface area contributed by atoms with Crippen LogP contribution in [-0.4, -0.2) is 29.1 Å². The van der Waals surface area contributed by atoms with Crippen LogP contribution in [0.5, 0.6) is 0 Å². The molecule has 1 aromatic heterocycles. The van der Waals surface area contributed by atoms with Gasteiger partial charge in [-0.2, -0.15) is 10.2 Å². The SMILES string of the molecule is C#CCCC1(CCC(=O)Nc2ccc3ccn(CC(=O)NC)c3c2)N=N1. The monoisotopic (exact) mass is 351 g/mol. The zero-order valence-corrected chi connectivity index (χ0v) is 14.7. The summed E-state index contributed by atoms with van der Waals surface area (Å²) in [6.45, 7) is 0.234. The van der Waals surface area contributed by atoms with Gasteiger partial charge < -0.3 is 15.2 Å².